The zero-order valence-electron chi connectivity index (χ0n) is 17.2. The Bertz CT molecular complexity index is 1080. The molecule has 0 unspecified atom stereocenters. The maximum atomic E-state index is 14.1. The summed E-state index contributed by atoms with van der Waals surface area (Å²) in [5, 5.41) is 22.5. The fourth-order valence-electron chi connectivity index (χ4n) is 3.38. The lowest BCUT2D eigenvalue weighted by Crippen LogP contribution is -2.17. The lowest BCUT2D eigenvalue weighted by Gasteiger charge is -2.24. The molecule has 162 valence electrons. The van der Waals surface area contributed by atoms with Gasteiger partial charge in [0.1, 0.15) is 11.9 Å². The average Bonchev–Trinajstić information content (AvgIpc) is 2.72. The second kappa shape index (κ2) is 9.74. The number of fused-ring (bicyclic) bond motifs is 3. The topological polar surface area (TPSA) is 120 Å². The highest BCUT2D eigenvalue weighted by Crippen LogP contribution is 2.34. The number of hydrogen-bond acceptors (Lipinski definition) is 7. The molecule has 1 aliphatic rings. The molecule has 0 spiro atoms. The quantitative estimate of drug-likeness (QED) is 0.390. The molecular weight excluding hydrogens is 463 g/mol. The molecule has 2 bridgehead atoms. The van der Waals surface area contributed by atoms with Gasteiger partial charge in [0.05, 0.1) is 4.62 Å². The molecule has 31 heavy (non-hydrogen) atoms. The van der Waals surface area contributed by atoms with Crippen LogP contribution in [0, 0.1) is 16.6 Å². The van der Waals surface area contributed by atoms with Gasteiger partial charge in [-0.05, 0) is 65.7 Å². The molecule has 1 aliphatic heterocycles. The van der Waals surface area contributed by atoms with Crippen LogP contribution in [0.3, 0.4) is 0 Å². The summed E-state index contributed by atoms with van der Waals surface area (Å²) in [6.07, 6.45) is 4.30. The van der Waals surface area contributed by atoms with Crippen LogP contribution >= 0.6 is 15.9 Å². The number of nitrogens with two attached hydrogens (primary N) is 1. The van der Waals surface area contributed by atoms with Gasteiger partial charge in [-0.3, -0.25) is 5.41 Å². The van der Waals surface area contributed by atoms with Crippen molar-refractivity contribution in [1.29, 1.82) is 10.8 Å². The standard InChI is InChI=1S/C22H24BrFN6O/c1-3-28-21-13(10-25)6-16(9-20(23)26)30-18-5-4-15(24)8-17(18)12(2)31-19-7-14(21)11-29-22(19)27/h4-5,7-12,25-26,28,30H,3,6H2,1-2H3,(H2,27,29)/b16-9-,21-13-,25-10?,26-20?/t12-/m1/s1. The normalized spacial score (nSPS) is 19.9. The van der Waals surface area contributed by atoms with Crippen molar-refractivity contribution in [1.82, 2.24) is 10.3 Å². The van der Waals surface area contributed by atoms with Crippen molar-refractivity contribution in [3.63, 3.8) is 0 Å². The van der Waals surface area contributed by atoms with E-state index in [2.05, 4.69) is 31.5 Å². The Kier molecular flexibility index (Phi) is 7.06. The molecule has 1 atom stereocenters. The molecule has 0 aliphatic carbocycles. The first kappa shape index (κ1) is 22.5. The number of ether oxygens (including phenoxy) is 1. The minimum atomic E-state index is -0.532. The Labute approximate surface area is 188 Å². The summed E-state index contributed by atoms with van der Waals surface area (Å²) >= 11 is 3.16. The molecule has 0 amide bonds. The van der Waals surface area contributed by atoms with Crippen molar-refractivity contribution in [2.75, 3.05) is 17.6 Å². The summed E-state index contributed by atoms with van der Waals surface area (Å²) in [6.45, 7) is 4.40. The molecule has 3 rings (SSSR count). The number of nitrogens with one attached hydrogen (secondary N) is 4. The van der Waals surface area contributed by atoms with Crippen molar-refractivity contribution in [2.24, 2.45) is 0 Å². The predicted octanol–water partition coefficient (Wildman–Crippen LogP) is 4.98. The monoisotopic (exact) mass is 486 g/mol. The molecule has 1 aromatic heterocycles. The number of nitrogens with zero attached hydrogens (tertiary/aromatic N) is 1. The zero-order chi connectivity index (χ0) is 22.5. The van der Waals surface area contributed by atoms with Gasteiger partial charge in [-0.25, -0.2) is 9.37 Å². The Morgan fingerprint density at radius 2 is 2.23 bits per heavy atom. The summed E-state index contributed by atoms with van der Waals surface area (Å²) < 4.78 is 20.3. The summed E-state index contributed by atoms with van der Waals surface area (Å²) in [5.74, 6) is 0.203. The maximum Gasteiger partial charge on any atom is 0.166 e. The number of pyridine rings is 1. The van der Waals surface area contributed by atoms with Gasteiger partial charge in [0.25, 0.3) is 0 Å². The number of allylic oxidation sites excluding steroid dienone is 2. The van der Waals surface area contributed by atoms with Crippen LogP contribution in [0.25, 0.3) is 5.70 Å². The Morgan fingerprint density at radius 3 is 2.90 bits per heavy atom. The molecule has 6 N–H and O–H groups in total. The second-order valence-electron chi connectivity index (χ2n) is 6.99. The highest BCUT2D eigenvalue weighted by molar-refractivity contribution is 9.18. The van der Waals surface area contributed by atoms with Crippen LogP contribution < -0.4 is 21.1 Å². The van der Waals surface area contributed by atoms with E-state index in [1.165, 1.54) is 18.3 Å². The number of aromatic nitrogens is 1. The maximum absolute atomic E-state index is 14.1. The van der Waals surface area contributed by atoms with E-state index in [0.717, 1.165) is 5.70 Å². The van der Waals surface area contributed by atoms with E-state index in [4.69, 9.17) is 21.3 Å². The lowest BCUT2D eigenvalue weighted by molar-refractivity contribution is 0.227. The number of anilines is 2. The van der Waals surface area contributed by atoms with Crippen LogP contribution in [0.2, 0.25) is 0 Å². The van der Waals surface area contributed by atoms with E-state index >= 15 is 0 Å². The van der Waals surface area contributed by atoms with Crippen LogP contribution in [0.15, 0.2) is 47.8 Å². The Hall–Kier alpha value is -3.20. The Morgan fingerprint density at radius 1 is 1.45 bits per heavy atom. The third kappa shape index (κ3) is 5.29. The predicted molar refractivity (Wildman–Crippen MR) is 126 cm³/mol. The minimum absolute atomic E-state index is 0.167. The van der Waals surface area contributed by atoms with Crippen molar-refractivity contribution >= 4 is 44.0 Å². The second-order valence-corrected chi connectivity index (χ2v) is 7.85. The molecule has 0 radical (unpaired) electrons. The third-order valence-corrected chi connectivity index (χ3v) is 4.98. The molecular formula is C22H24BrFN6O. The first-order valence-electron chi connectivity index (χ1n) is 9.73. The molecule has 0 saturated carbocycles. The number of rotatable bonds is 4. The van der Waals surface area contributed by atoms with E-state index < -0.39 is 11.9 Å². The van der Waals surface area contributed by atoms with Gasteiger partial charge >= 0.3 is 0 Å². The van der Waals surface area contributed by atoms with Gasteiger partial charge in [0, 0.05) is 53.6 Å². The van der Waals surface area contributed by atoms with Gasteiger partial charge in [-0.15, -0.1) is 0 Å². The smallest absolute Gasteiger partial charge is 0.166 e. The fraction of sp³-hybridized carbons (Fsp3) is 0.227. The van der Waals surface area contributed by atoms with Crippen molar-refractivity contribution in [2.45, 2.75) is 26.4 Å². The number of halogens is 2. The van der Waals surface area contributed by atoms with E-state index in [1.54, 1.807) is 31.3 Å². The van der Waals surface area contributed by atoms with Gasteiger partial charge in [0.15, 0.2) is 11.6 Å². The summed E-state index contributed by atoms with van der Waals surface area (Å²) in [7, 11) is 0. The molecule has 0 saturated heterocycles. The van der Waals surface area contributed by atoms with Gasteiger partial charge in [-0.1, -0.05) is 0 Å². The van der Waals surface area contributed by atoms with Crippen molar-refractivity contribution < 1.29 is 9.13 Å². The average molecular weight is 487 g/mol. The van der Waals surface area contributed by atoms with Crippen LogP contribution in [0.4, 0.5) is 15.9 Å². The molecule has 1 aromatic carbocycles. The van der Waals surface area contributed by atoms with E-state index in [0.29, 0.717) is 46.8 Å². The van der Waals surface area contributed by atoms with E-state index in [9.17, 15) is 4.39 Å². The molecule has 2 aromatic rings. The molecule has 0 fully saturated rings. The molecule has 9 heteroatoms. The number of benzene rings is 1. The van der Waals surface area contributed by atoms with Crippen LogP contribution in [-0.4, -0.2) is 22.4 Å². The lowest BCUT2D eigenvalue weighted by atomic mass is 10.0. The highest BCUT2D eigenvalue weighted by atomic mass is 79.9. The minimum Gasteiger partial charge on any atom is -0.482 e. The fourth-order valence-corrected chi connectivity index (χ4v) is 3.65. The SMILES string of the molecule is CCN/C1=C(\C=N)C/C(=C/C(=N)Br)Nc2ccc(F)cc2[C@@H](C)Oc2cc1cnc2N. The largest absolute Gasteiger partial charge is 0.482 e. The summed E-state index contributed by atoms with van der Waals surface area (Å²) in [5.41, 5.74) is 10.0. The van der Waals surface area contributed by atoms with Crippen LogP contribution in [0.5, 0.6) is 5.75 Å². The van der Waals surface area contributed by atoms with Crippen LogP contribution in [0.1, 0.15) is 37.5 Å². The first-order valence-corrected chi connectivity index (χ1v) is 10.5. The highest BCUT2D eigenvalue weighted by Gasteiger charge is 2.20. The Balaban J connectivity index is 2.27. The molecule has 2 heterocycles. The summed E-state index contributed by atoms with van der Waals surface area (Å²) in [6, 6.07) is 6.15. The third-order valence-electron chi connectivity index (χ3n) is 4.75. The summed E-state index contributed by atoms with van der Waals surface area (Å²) in [4.78, 5) is 4.26. The van der Waals surface area contributed by atoms with Gasteiger partial charge in [-0.2, -0.15) is 0 Å². The van der Waals surface area contributed by atoms with Crippen molar-refractivity contribution in [3.8, 4) is 5.75 Å². The molecule has 7 nitrogen and oxygen atoms in total. The number of hydrogen-bond donors (Lipinski definition) is 5. The van der Waals surface area contributed by atoms with Crippen LogP contribution in [-0.2, 0) is 0 Å². The number of nitrogen functional groups attached to an aromatic ring is 1. The zero-order valence-corrected chi connectivity index (χ0v) is 18.8. The van der Waals surface area contributed by atoms with E-state index in [-0.39, 0.29) is 10.4 Å². The van der Waals surface area contributed by atoms with Crippen molar-refractivity contribution in [3.05, 3.63) is 64.8 Å². The van der Waals surface area contributed by atoms with E-state index in [1.807, 2.05) is 6.92 Å². The first-order chi connectivity index (χ1) is 14.8. The van der Waals surface area contributed by atoms with Gasteiger partial charge in [0.2, 0.25) is 0 Å². The van der Waals surface area contributed by atoms with Gasteiger partial charge < -0.3 is 26.5 Å².